The van der Waals surface area contributed by atoms with Gasteiger partial charge in [-0.3, -0.25) is 4.99 Å². The van der Waals surface area contributed by atoms with Gasteiger partial charge in [0, 0.05) is 18.7 Å². The number of nitrogens with zero attached hydrogens (tertiary/aromatic N) is 1. The first-order valence-corrected chi connectivity index (χ1v) is 11.0. The lowest BCUT2D eigenvalue weighted by molar-refractivity contribution is 0.643. The minimum absolute atomic E-state index is 0.267. The van der Waals surface area contributed by atoms with E-state index in [1.54, 1.807) is 0 Å². The summed E-state index contributed by atoms with van der Waals surface area (Å²) < 4.78 is 0. The number of rotatable bonds is 5. The third-order valence-electron chi connectivity index (χ3n) is 5.82. The highest BCUT2D eigenvalue weighted by Crippen LogP contribution is 2.34. The Kier molecular flexibility index (Phi) is 7.60. The smallest absolute Gasteiger partial charge is 0.0552 e. The molecule has 2 heterocycles. The summed E-state index contributed by atoms with van der Waals surface area (Å²) in [5, 5.41) is 3.47. The molecule has 0 amide bonds. The van der Waals surface area contributed by atoms with Gasteiger partial charge in [-0.25, -0.2) is 0 Å². The van der Waals surface area contributed by atoms with Crippen LogP contribution < -0.4 is 5.32 Å². The zero-order chi connectivity index (χ0) is 20.6. The van der Waals surface area contributed by atoms with Crippen LogP contribution >= 0.6 is 0 Å². The summed E-state index contributed by atoms with van der Waals surface area (Å²) in [5.74, 6) is 0.267. The molecule has 2 heteroatoms. The molecule has 1 N–H and O–H groups in total. The van der Waals surface area contributed by atoms with Crippen LogP contribution in [-0.2, 0) is 19.4 Å². The van der Waals surface area contributed by atoms with Gasteiger partial charge in [0.25, 0.3) is 0 Å². The molecule has 0 bridgehead atoms. The first-order chi connectivity index (χ1) is 14.2. The van der Waals surface area contributed by atoms with Gasteiger partial charge in [0.1, 0.15) is 0 Å². The van der Waals surface area contributed by atoms with E-state index in [1.165, 1.54) is 52.0 Å². The summed E-state index contributed by atoms with van der Waals surface area (Å²) in [6.45, 7) is 12.4. The van der Waals surface area contributed by atoms with Gasteiger partial charge in [0.05, 0.1) is 5.71 Å². The average Bonchev–Trinajstić information content (AvgIpc) is 3.20. The van der Waals surface area contributed by atoms with Crippen LogP contribution in [0.25, 0.3) is 0 Å². The summed E-state index contributed by atoms with van der Waals surface area (Å²) in [7, 11) is 0. The Balaban J connectivity index is 0.000000552. The van der Waals surface area contributed by atoms with Crippen molar-refractivity contribution in [3.63, 3.8) is 0 Å². The Bertz CT molecular complexity index is 891. The van der Waals surface area contributed by atoms with Crippen LogP contribution in [0.1, 0.15) is 50.3 Å². The lowest BCUT2D eigenvalue weighted by atomic mass is 9.82. The van der Waals surface area contributed by atoms with E-state index >= 15 is 0 Å². The number of hydrogen-bond acceptors (Lipinski definition) is 2. The van der Waals surface area contributed by atoms with Crippen molar-refractivity contribution in [1.82, 2.24) is 5.32 Å². The van der Waals surface area contributed by atoms with Gasteiger partial charge in [0.15, 0.2) is 0 Å². The summed E-state index contributed by atoms with van der Waals surface area (Å²) in [6.07, 6.45) is 17.4. The molecule has 1 aromatic rings. The normalized spacial score (nSPS) is 19.9. The number of aliphatic imine (C=N–C) groups is 1. The van der Waals surface area contributed by atoms with Crippen molar-refractivity contribution in [3.05, 3.63) is 94.8 Å². The van der Waals surface area contributed by atoms with Crippen LogP contribution in [0.5, 0.6) is 0 Å². The number of allylic oxidation sites excluding steroid dienone is 8. The topological polar surface area (TPSA) is 24.4 Å². The molecule has 0 saturated heterocycles. The lowest BCUT2D eigenvalue weighted by Gasteiger charge is -2.21. The molecular weight excluding hydrogens is 352 g/mol. The van der Waals surface area contributed by atoms with Gasteiger partial charge in [0.2, 0.25) is 0 Å². The van der Waals surface area contributed by atoms with E-state index < -0.39 is 0 Å². The minimum atomic E-state index is 0.267. The van der Waals surface area contributed by atoms with Gasteiger partial charge in [-0.2, -0.15) is 0 Å². The molecule has 1 aliphatic carbocycles. The van der Waals surface area contributed by atoms with E-state index in [-0.39, 0.29) is 5.92 Å². The molecular formula is C27H34N2. The van der Waals surface area contributed by atoms with Crippen LogP contribution in [0, 0.1) is 5.92 Å². The second kappa shape index (κ2) is 10.4. The third kappa shape index (κ3) is 4.94. The van der Waals surface area contributed by atoms with Crippen molar-refractivity contribution in [1.29, 1.82) is 0 Å². The lowest BCUT2D eigenvalue weighted by Crippen LogP contribution is -2.23. The predicted molar refractivity (Wildman–Crippen MR) is 126 cm³/mol. The molecule has 0 saturated carbocycles. The molecule has 29 heavy (non-hydrogen) atoms. The number of benzene rings is 1. The zero-order valence-corrected chi connectivity index (χ0v) is 18.2. The fourth-order valence-corrected chi connectivity index (χ4v) is 3.96. The predicted octanol–water partition coefficient (Wildman–Crippen LogP) is 6.26. The highest BCUT2D eigenvalue weighted by Gasteiger charge is 2.28. The number of nitrogens with one attached hydrogen (secondary N) is 1. The van der Waals surface area contributed by atoms with Crippen molar-refractivity contribution in [2.75, 3.05) is 6.54 Å². The van der Waals surface area contributed by atoms with Crippen molar-refractivity contribution in [3.8, 4) is 0 Å². The largest absolute Gasteiger partial charge is 0.312 e. The maximum atomic E-state index is 4.76. The van der Waals surface area contributed by atoms with Crippen LogP contribution in [0.15, 0.2) is 83.1 Å². The van der Waals surface area contributed by atoms with Crippen LogP contribution in [-0.4, -0.2) is 12.3 Å². The molecule has 0 fully saturated rings. The first-order valence-electron chi connectivity index (χ1n) is 11.0. The van der Waals surface area contributed by atoms with Crippen molar-refractivity contribution in [2.45, 2.75) is 53.0 Å². The quantitative estimate of drug-likeness (QED) is 0.593. The van der Waals surface area contributed by atoms with E-state index in [4.69, 9.17) is 4.99 Å². The van der Waals surface area contributed by atoms with Crippen molar-refractivity contribution in [2.24, 2.45) is 10.9 Å². The van der Waals surface area contributed by atoms with Gasteiger partial charge in [-0.05, 0) is 59.7 Å². The van der Waals surface area contributed by atoms with E-state index in [0.29, 0.717) is 0 Å². The van der Waals surface area contributed by atoms with Gasteiger partial charge in [-0.15, -0.1) is 0 Å². The van der Waals surface area contributed by atoms with Crippen molar-refractivity contribution < 1.29 is 0 Å². The van der Waals surface area contributed by atoms with Crippen LogP contribution in [0.2, 0.25) is 0 Å². The SMILES string of the molecule is C=C/C(=C\C)C1=CN=C2C(Cc3ccc4c(c3)CNCC4)=CC=CC12.CCCC. The second-order valence-electron chi connectivity index (χ2n) is 7.81. The Hall–Kier alpha value is -2.45. The minimum Gasteiger partial charge on any atom is -0.312 e. The Morgan fingerprint density at radius 3 is 2.79 bits per heavy atom. The number of fused-ring (bicyclic) bond motifs is 2. The zero-order valence-electron chi connectivity index (χ0n) is 18.2. The van der Waals surface area contributed by atoms with E-state index in [0.717, 1.165) is 25.9 Å². The Morgan fingerprint density at radius 2 is 2.07 bits per heavy atom. The molecule has 1 atom stereocenters. The fourth-order valence-electron chi connectivity index (χ4n) is 3.96. The number of unbranched alkanes of at least 4 members (excludes halogenated alkanes) is 1. The van der Waals surface area contributed by atoms with Crippen LogP contribution in [0.3, 0.4) is 0 Å². The summed E-state index contributed by atoms with van der Waals surface area (Å²) in [5.41, 5.74) is 9.25. The molecule has 3 aliphatic rings. The molecule has 0 aromatic heterocycles. The molecule has 1 aromatic carbocycles. The molecule has 2 aliphatic heterocycles. The number of hydrogen-bond donors (Lipinski definition) is 1. The first kappa shape index (κ1) is 21.3. The molecule has 0 spiro atoms. The molecule has 4 rings (SSSR count). The van der Waals surface area contributed by atoms with E-state index in [9.17, 15) is 0 Å². The molecule has 152 valence electrons. The van der Waals surface area contributed by atoms with E-state index in [2.05, 4.69) is 75.2 Å². The average molecular weight is 387 g/mol. The Labute approximate surface area is 176 Å². The standard InChI is InChI=1S/C23H24N2.C4H10/c1-3-17(4-2)22-15-25-23-19(6-5-7-21(22)23)12-16-8-9-18-10-11-24-14-20(18)13-16;1-3-4-2/h3-9,13,15,21,24H,1,10-12,14H2,2H3;3-4H2,1-2H3/b17-4+;. The maximum absolute atomic E-state index is 4.76. The highest BCUT2D eigenvalue weighted by atomic mass is 14.9. The van der Waals surface area contributed by atoms with Crippen molar-refractivity contribution >= 4 is 5.71 Å². The fraction of sp³-hybridized carbons (Fsp3) is 0.370. The van der Waals surface area contributed by atoms with Gasteiger partial charge >= 0.3 is 0 Å². The Morgan fingerprint density at radius 1 is 1.24 bits per heavy atom. The maximum Gasteiger partial charge on any atom is 0.0552 e. The van der Waals surface area contributed by atoms with Gasteiger partial charge < -0.3 is 5.32 Å². The molecule has 0 radical (unpaired) electrons. The monoisotopic (exact) mass is 386 g/mol. The summed E-state index contributed by atoms with van der Waals surface area (Å²) in [4.78, 5) is 4.76. The van der Waals surface area contributed by atoms with Gasteiger partial charge in [-0.1, -0.05) is 81.8 Å². The second-order valence-corrected chi connectivity index (χ2v) is 7.81. The molecule has 2 nitrogen and oxygen atoms in total. The van der Waals surface area contributed by atoms with E-state index in [1.807, 2.05) is 12.3 Å². The highest BCUT2D eigenvalue weighted by molar-refractivity contribution is 6.08. The third-order valence-corrected chi connectivity index (χ3v) is 5.82. The molecule has 1 unspecified atom stereocenters. The summed E-state index contributed by atoms with van der Waals surface area (Å²) in [6, 6.07) is 6.95. The van der Waals surface area contributed by atoms with Crippen LogP contribution in [0.4, 0.5) is 0 Å². The summed E-state index contributed by atoms with van der Waals surface area (Å²) >= 11 is 0.